The van der Waals surface area contributed by atoms with Crippen LogP contribution in [-0.2, 0) is 6.54 Å². The third-order valence-electron chi connectivity index (χ3n) is 2.90. The molecular formula is C15H22BrNO2. The van der Waals surface area contributed by atoms with Gasteiger partial charge in [0.25, 0.3) is 0 Å². The Morgan fingerprint density at radius 3 is 2.79 bits per heavy atom. The number of rotatable bonds is 8. The Labute approximate surface area is 124 Å². The van der Waals surface area contributed by atoms with Crippen LogP contribution in [0.1, 0.15) is 25.8 Å². The number of ether oxygens (including phenoxy) is 2. The van der Waals surface area contributed by atoms with E-state index in [1.54, 1.807) is 13.2 Å². The van der Waals surface area contributed by atoms with E-state index >= 15 is 0 Å². The van der Waals surface area contributed by atoms with E-state index in [4.69, 9.17) is 9.47 Å². The Morgan fingerprint density at radius 2 is 2.21 bits per heavy atom. The minimum absolute atomic E-state index is 0.458. The summed E-state index contributed by atoms with van der Waals surface area (Å²) in [5, 5.41) is 3.46. The number of hydrogen-bond donors (Lipinski definition) is 1. The Morgan fingerprint density at radius 1 is 1.47 bits per heavy atom. The zero-order chi connectivity index (χ0) is 14.3. The predicted octanol–water partition coefficient (Wildman–Crippen LogP) is 3.91. The van der Waals surface area contributed by atoms with Crippen LogP contribution in [0.25, 0.3) is 0 Å². The molecule has 0 unspecified atom stereocenters. The van der Waals surface area contributed by atoms with E-state index in [1.807, 2.05) is 6.07 Å². The third kappa shape index (κ3) is 4.88. The molecular weight excluding hydrogens is 306 g/mol. The lowest BCUT2D eigenvalue weighted by molar-refractivity contribution is 0.324. The van der Waals surface area contributed by atoms with Crippen molar-refractivity contribution in [3.8, 4) is 11.5 Å². The quantitative estimate of drug-likeness (QED) is 0.734. The Bertz CT molecular complexity index is 421. The third-order valence-corrected chi connectivity index (χ3v) is 3.49. The van der Waals surface area contributed by atoms with Crippen molar-refractivity contribution in [2.75, 3.05) is 13.7 Å². The van der Waals surface area contributed by atoms with Crippen LogP contribution in [0.2, 0.25) is 0 Å². The lowest BCUT2D eigenvalue weighted by Gasteiger charge is -2.15. The molecule has 19 heavy (non-hydrogen) atoms. The van der Waals surface area contributed by atoms with Crippen molar-refractivity contribution < 1.29 is 9.47 Å². The summed E-state index contributed by atoms with van der Waals surface area (Å²) in [4.78, 5) is 0. The van der Waals surface area contributed by atoms with Gasteiger partial charge in [0, 0.05) is 12.6 Å². The molecule has 1 rings (SSSR count). The standard InChI is InChI=1S/C15H22BrNO2/c1-5-7-19-15-13(16)8-12(9-14(15)18-4)10-17-11(3)6-2/h5,8-9,11,17H,1,6-7,10H2,2-4H3/t11-/m0/s1. The molecule has 0 amide bonds. The van der Waals surface area contributed by atoms with E-state index in [0.29, 0.717) is 12.6 Å². The van der Waals surface area contributed by atoms with Gasteiger partial charge < -0.3 is 14.8 Å². The van der Waals surface area contributed by atoms with E-state index in [-0.39, 0.29) is 0 Å². The summed E-state index contributed by atoms with van der Waals surface area (Å²) < 4.78 is 11.9. The molecule has 3 nitrogen and oxygen atoms in total. The summed E-state index contributed by atoms with van der Waals surface area (Å²) in [6.07, 6.45) is 2.82. The molecule has 0 spiro atoms. The van der Waals surface area contributed by atoms with Gasteiger partial charge in [0.2, 0.25) is 0 Å². The highest BCUT2D eigenvalue weighted by Crippen LogP contribution is 2.36. The van der Waals surface area contributed by atoms with Gasteiger partial charge >= 0.3 is 0 Å². The fourth-order valence-corrected chi connectivity index (χ4v) is 2.20. The molecule has 106 valence electrons. The summed E-state index contributed by atoms with van der Waals surface area (Å²) in [6, 6.07) is 4.55. The molecule has 0 aromatic heterocycles. The van der Waals surface area contributed by atoms with Gasteiger partial charge in [-0.2, -0.15) is 0 Å². The first-order valence-corrected chi connectivity index (χ1v) is 7.25. The molecule has 0 fully saturated rings. The molecule has 1 aromatic carbocycles. The van der Waals surface area contributed by atoms with Crippen LogP contribution in [0.15, 0.2) is 29.3 Å². The molecule has 0 aliphatic carbocycles. The van der Waals surface area contributed by atoms with Crippen LogP contribution in [0.3, 0.4) is 0 Å². The normalized spacial score (nSPS) is 12.0. The van der Waals surface area contributed by atoms with Crippen LogP contribution in [-0.4, -0.2) is 19.8 Å². The van der Waals surface area contributed by atoms with Crippen LogP contribution in [0, 0.1) is 0 Å². The molecule has 0 aliphatic heterocycles. The predicted molar refractivity (Wildman–Crippen MR) is 83.0 cm³/mol. The second-order valence-electron chi connectivity index (χ2n) is 4.40. The van der Waals surface area contributed by atoms with Gasteiger partial charge in [-0.25, -0.2) is 0 Å². The minimum atomic E-state index is 0.458. The van der Waals surface area contributed by atoms with Gasteiger partial charge in [-0.3, -0.25) is 0 Å². The summed E-state index contributed by atoms with van der Waals surface area (Å²) in [6.45, 7) is 9.26. The minimum Gasteiger partial charge on any atom is -0.493 e. The average Bonchev–Trinajstić information content (AvgIpc) is 2.42. The molecule has 0 aliphatic rings. The van der Waals surface area contributed by atoms with E-state index < -0.39 is 0 Å². The van der Waals surface area contributed by atoms with Crippen LogP contribution < -0.4 is 14.8 Å². The Kier molecular flexibility index (Phi) is 6.95. The maximum absolute atomic E-state index is 5.60. The van der Waals surface area contributed by atoms with E-state index in [0.717, 1.165) is 34.5 Å². The fourth-order valence-electron chi connectivity index (χ4n) is 1.59. The lowest BCUT2D eigenvalue weighted by atomic mass is 10.1. The van der Waals surface area contributed by atoms with Crippen molar-refractivity contribution in [2.45, 2.75) is 32.9 Å². The van der Waals surface area contributed by atoms with E-state index in [1.165, 1.54) is 0 Å². The molecule has 4 heteroatoms. The molecule has 0 bridgehead atoms. The largest absolute Gasteiger partial charge is 0.493 e. The first-order valence-electron chi connectivity index (χ1n) is 6.45. The number of benzene rings is 1. The molecule has 1 aromatic rings. The van der Waals surface area contributed by atoms with Crippen molar-refractivity contribution in [1.82, 2.24) is 5.32 Å². The maximum atomic E-state index is 5.60. The molecule has 0 heterocycles. The van der Waals surface area contributed by atoms with Gasteiger partial charge in [-0.1, -0.05) is 19.6 Å². The van der Waals surface area contributed by atoms with E-state index in [2.05, 4.69) is 47.7 Å². The van der Waals surface area contributed by atoms with Crippen molar-refractivity contribution in [2.24, 2.45) is 0 Å². The van der Waals surface area contributed by atoms with Crippen molar-refractivity contribution in [3.63, 3.8) is 0 Å². The summed E-state index contributed by atoms with van der Waals surface area (Å²) in [5.41, 5.74) is 1.16. The lowest BCUT2D eigenvalue weighted by Crippen LogP contribution is -2.24. The summed E-state index contributed by atoms with van der Waals surface area (Å²) >= 11 is 3.53. The summed E-state index contributed by atoms with van der Waals surface area (Å²) in [5.74, 6) is 1.45. The highest BCUT2D eigenvalue weighted by molar-refractivity contribution is 9.10. The monoisotopic (exact) mass is 327 g/mol. The zero-order valence-electron chi connectivity index (χ0n) is 11.8. The second-order valence-corrected chi connectivity index (χ2v) is 5.25. The second kappa shape index (κ2) is 8.23. The van der Waals surface area contributed by atoms with Crippen molar-refractivity contribution >= 4 is 15.9 Å². The highest BCUT2D eigenvalue weighted by atomic mass is 79.9. The molecule has 1 N–H and O–H groups in total. The van der Waals surface area contributed by atoms with Gasteiger partial charge in [0.05, 0.1) is 11.6 Å². The van der Waals surface area contributed by atoms with Crippen molar-refractivity contribution in [1.29, 1.82) is 0 Å². The molecule has 0 saturated heterocycles. The number of nitrogens with one attached hydrogen (secondary N) is 1. The zero-order valence-corrected chi connectivity index (χ0v) is 13.4. The van der Waals surface area contributed by atoms with Crippen LogP contribution in [0.5, 0.6) is 11.5 Å². The van der Waals surface area contributed by atoms with Gasteiger partial charge in [0.1, 0.15) is 6.61 Å². The number of methoxy groups -OCH3 is 1. The molecule has 1 atom stereocenters. The maximum Gasteiger partial charge on any atom is 0.175 e. The van der Waals surface area contributed by atoms with Gasteiger partial charge in [-0.05, 0) is 47.0 Å². The van der Waals surface area contributed by atoms with Crippen LogP contribution in [0.4, 0.5) is 0 Å². The number of halogens is 1. The topological polar surface area (TPSA) is 30.5 Å². The first-order chi connectivity index (χ1) is 9.12. The molecule has 0 saturated carbocycles. The SMILES string of the molecule is C=CCOc1c(Br)cc(CN[C@@H](C)CC)cc1OC. The van der Waals surface area contributed by atoms with Crippen LogP contribution >= 0.6 is 15.9 Å². The fraction of sp³-hybridized carbons (Fsp3) is 0.467. The smallest absolute Gasteiger partial charge is 0.175 e. The van der Waals surface area contributed by atoms with E-state index in [9.17, 15) is 0 Å². The average molecular weight is 328 g/mol. The molecule has 0 radical (unpaired) electrons. The highest BCUT2D eigenvalue weighted by Gasteiger charge is 2.11. The van der Waals surface area contributed by atoms with Crippen molar-refractivity contribution in [3.05, 3.63) is 34.8 Å². The van der Waals surface area contributed by atoms with Gasteiger partial charge in [-0.15, -0.1) is 0 Å². The van der Waals surface area contributed by atoms with Gasteiger partial charge in [0.15, 0.2) is 11.5 Å². The Balaban J connectivity index is 2.85. The Hall–Kier alpha value is -1.00. The summed E-state index contributed by atoms with van der Waals surface area (Å²) in [7, 11) is 1.65. The number of hydrogen-bond acceptors (Lipinski definition) is 3. The first kappa shape index (κ1) is 16.1.